The monoisotopic (exact) mass is 410 g/mol. The number of nitrogens with one attached hydrogen (secondary N) is 2. The highest BCUT2D eigenvalue weighted by Gasteiger charge is 2.18. The van der Waals surface area contributed by atoms with E-state index in [2.05, 4.69) is 39.2 Å². The number of H-pyrrole nitrogens is 1. The highest BCUT2D eigenvalue weighted by atomic mass is 19.1. The van der Waals surface area contributed by atoms with Gasteiger partial charge in [0.1, 0.15) is 17.2 Å². The van der Waals surface area contributed by atoms with E-state index in [1.54, 1.807) is 30.2 Å². The van der Waals surface area contributed by atoms with Gasteiger partial charge in [-0.3, -0.25) is 4.68 Å². The Labute approximate surface area is 172 Å². The summed E-state index contributed by atoms with van der Waals surface area (Å²) in [5, 5.41) is 8.04. The predicted molar refractivity (Wildman–Crippen MR) is 112 cm³/mol. The van der Waals surface area contributed by atoms with E-state index in [1.165, 1.54) is 12.1 Å². The molecule has 0 saturated carbocycles. The molecule has 30 heavy (non-hydrogen) atoms. The first-order valence-corrected chi connectivity index (χ1v) is 9.77. The van der Waals surface area contributed by atoms with Crippen molar-refractivity contribution in [3.8, 4) is 17.1 Å². The zero-order valence-electron chi connectivity index (χ0n) is 17.2. The van der Waals surface area contributed by atoms with E-state index in [9.17, 15) is 9.18 Å². The van der Waals surface area contributed by atoms with Crippen LogP contribution in [0.25, 0.3) is 33.5 Å². The summed E-state index contributed by atoms with van der Waals surface area (Å²) in [6.07, 6.45) is 3.43. The van der Waals surface area contributed by atoms with Crippen molar-refractivity contribution in [3.63, 3.8) is 0 Å². The van der Waals surface area contributed by atoms with Crippen LogP contribution in [0.2, 0.25) is 0 Å². The minimum Gasteiger partial charge on any atom is -0.406 e. The van der Waals surface area contributed by atoms with Crippen LogP contribution >= 0.6 is 0 Å². The zero-order valence-corrected chi connectivity index (χ0v) is 17.2. The maximum atomic E-state index is 13.6. The summed E-state index contributed by atoms with van der Waals surface area (Å²) in [6, 6.07) is 4.46. The van der Waals surface area contributed by atoms with E-state index in [1.807, 2.05) is 6.92 Å². The van der Waals surface area contributed by atoms with Crippen molar-refractivity contribution in [2.75, 3.05) is 0 Å². The number of benzene rings is 1. The molecule has 0 aliphatic rings. The lowest BCUT2D eigenvalue weighted by Crippen LogP contribution is -2.35. The second-order valence-electron chi connectivity index (χ2n) is 7.80. The number of ether oxygens (including phenoxy) is 1. The molecule has 156 valence electrons. The van der Waals surface area contributed by atoms with Crippen LogP contribution in [0.15, 0.2) is 30.6 Å². The first-order valence-electron chi connectivity index (χ1n) is 9.77. The lowest BCUT2D eigenvalue weighted by Gasteiger charge is -2.15. The van der Waals surface area contributed by atoms with Crippen LogP contribution in [0.3, 0.4) is 0 Å². The second-order valence-corrected chi connectivity index (χ2v) is 7.80. The number of hydrogen-bond donors (Lipinski definition) is 2. The van der Waals surface area contributed by atoms with Crippen LogP contribution in [0.1, 0.15) is 27.2 Å². The van der Waals surface area contributed by atoms with Crippen molar-refractivity contribution in [3.05, 3.63) is 36.4 Å². The van der Waals surface area contributed by atoms with Gasteiger partial charge in [-0.1, -0.05) is 13.8 Å². The van der Waals surface area contributed by atoms with Crippen LogP contribution in [-0.2, 0) is 7.05 Å². The van der Waals surface area contributed by atoms with Gasteiger partial charge in [-0.15, -0.1) is 0 Å². The first kappa shape index (κ1) is 19.8. The molecule has 4 aromatic rings. The number of carbonyl (C=O) groups is 1. The van der Waals surface area contributed by atoms with Gasteiger partial charge in [0.25, 0.3) is 0 Å². The molecule has 2 N–H and O–H groups in total. The van der Waals surface area contributed by atoms with Gasteiger partial charge in [0.05, 0.1) is 11.7 Å². The third kappa shape index (κ3) is 3.83. The molecular weight excluding hydrogens is 387 g/mol. The molecular formula is C21H23FN6O2. The molecule has 0 aliphatic carbocycles. The van der Waals surface area contributed by atoms with Crippen LogP contribution in [0, 0.1) is 11.7 Å². The zero-order chi connectivity index (χ0) is 21.4. The lowest BCUT2D eigenvalue weighted by atomic mass is 10.1. The maximum Gasteiger partial charge on any atom is 0.412 e. The first-order chi connectivity index (χ1) is 14.3. The number of fused-ring (bicyclic) bond motifs is 2. The molecule has 3 heterocycles. The van der Waals surface area contributed by atoms with Gasteiger partial charge < -0.3 is 15.0 Å². The molecule has 0 bridgehead atoms. The van der Waals surface area contributed by atoms with Gasteiger partial charge >= 0.3 is 6.09 Å². The average molecular weight is 410 g/mol. The fourth-order valence-electron chi connectivity index (χ4n) is 3.58. The normalized spacial score (nSPS) is 12.6. The summed E-state index contributed by atoms with van der Waals surface area (Å²) in [4.78, 5) is 24.2. The minimum absolute atomic E-state index is 0.00960. The standard InChI is InChI=1S/C21H23FN6O2/c1-11(2)7-12(3)25-21(29)30-17-10-24-20-19(17)26-15(9-23-20)18-14-6-5-13(22)8-16(14)28(4)27-18/h5-6,8-12H,7H2,1-4H3,(H,23,24)(H,25,29). The molecule has 4 rings (SSSR count). The summed E-state index contributed by atoms with van der Waals surface area (Å²) in [6.45, 7) is 6.12. The molecule has 1 unspecified atom stereocenters. The molecule has 3 aromatic heterocycles. The van der Waals surface area contributed by atoms with Gasteiger partial charge in [0.2, 0.25) is 0 Å². The molecule has 0 radical (unpaired) electrons. The Balaban J connectivity index is 1.65. The molecule has 9 heteroatoms. The van der Waals surface area contributed by atoms with E-state index < -0.39 is 6.09 Å². The summed E-state index contributed by atoms with van der Waals surface area (Å²) < 4.78 is 20.7. The molecule has 0 spiro atoms. The summed E-state index contributed by atoms with van der Waals surface area (Å²) in [7, 11) is 1.74. The van der Waals surface area contributed by atoms with Gasteiger partial charge in [0.15, 0.2) is 16.9 Å². The molecule has 1 atom stereocenters. The van der Waals surface area contributed by atoms with Crippen molar-refractivity contribution in [1.82, 2.24) is 30.0 Å². The van der Waals surface area contributed by atoms with E-state index >= 15 is 0 Å². The Morgan fingerprint density at radius 1 is 1.33 bits per heavy atom. The fourth-order valence-corrected chi connectivity index (χ4v) is 3.58. The highest BCUT2D eigenvalue weighted by molar-refractivity contribution is 5.93. The van der Waals surface area contributed by atoms with Crippen molar-refractivity contribution < 1.29 is 13.9 Å². The van der Waals surface area contributed by atoms with Gasteiger partial charge in [-0.2, -0.15) is 5.10 Å². The molecule has 0 saturated heterocycles. The third-order valence-electron chi connectivity index (χ3n) is 4.79. The van der Waals surface area contributed by atoms with Crippen molar-refractivity contribution in [2.45, 2.75) is 33.2 Å². The number of hydrogen-bond acceptors (Lipinski definition) is 5. The number of amides is 1. The van der Waals surface area contributed by atoms with E-state index in [0.717, 1.165) is 11.8 Å². The van der Waals surface area contributed by atoms with Crippen LogP contribution in [0.5, 0.6) is 5.75 Å². The number of aromatic amines is 1. The van der Waals surface area contributed by atoms with E-state index in [4.69, 9.17) is 4.74 Å². The molecule has 1 aromatic carbocycles. The quantitative estimate of drug-likeness (QED) is 0.515. The Hall–Kier alpha value is -3.49. The Bertz CT molecular complexity index is 1230. The highest BCUT2D eigenvalue weighted by Crippen LogP contribution is 2.29. The van der Waals surface area contributed by atoms with Crippen molar-refractivity contribution in [2.24, 2.45) is 13.0 Å². The average Bonchev–Trinajstić information content (AvgIpc) is 3.21. The van der Waals surface area contributed by atoms with Crippen molar-refractivity contribution in [1.29, 1.82) is 0 Å². The Kier molecular flexibility index (Phi) is 5.11. The Morgan fingerprint density at radius 3 is 2.90 bits per heavy atom. The van der Waals surface area contributed by atoms with E-state index in [-0.39, 0.29) is 17.6 Å². The lowest BCUT2D eigenvalue weighted by molar-refractivity contribution is 0.195. The number of rotatable bonds is 5. The Morgan fingerprint density at radius 2 is 2.13 bits per heavy atom. The number of aromatic nitrogens is 5. The molecule has 0 fully saturated rings. The number of carbonyl (C=O) groups excluding carboxylic acids is 1. The second kappa shape index (κ2) is 7.74. The van der Waals surface area contributed by atoms with E-state index in [0.29, 0.717) is 34.0 Å². The number of aryl methyl sites for hydroxylation is 1. The summed E-state index contributed by atoms with van der Waals surface area (Å²) in [5.74, 6) is 0.404. The smallest absolute Gasteiger partial charge is 0.406 e. The maximum absolute atomic E-state index is 13.6. The third-order valence-corrected chi connectivity index (χ3v) is 4.79. The van der Waals surface area contributed by atoms with Gasteiger partial charge in [0, 0.05) is 24.7 Å². The fraction of sp³-hybridized carbons (Fsp3) is 0.333. The number of halogens is 1. The summed E-state index contributed by atoms with van der Waals surface area (Å²) in [5.41, 5.74) is 2.63. The molecule has 1 amide bonds. The number of nitrogens with zero attached hydrogens (tertiary/aromatic N) is 4. The molecule has 8 nitrogen and oxygen atoms in total. The topological polar surface area (TPSA) is 97.7 Å². The predicted octanol–water partition coefficient (Wildman–Crippen LogP) is 4.17. The van der Waals surface area contributed by atoms with Crippen LogP contribution in [0.4, 0.5) is 9.18 Å². The van der Waals surface area contributed by atoms with Crippen molar-refractivity contribution >= 4 is 28.2 Å². The van der Waals surface area contributed by atoms with Gasteiger partial charge in [-0.25, -0.2) is 19.2 Å². The SMILES string of the molecule is CC(C)CC(C)NC(=O)Oc1c[nH]c2ncc(-c3nn(C)c4cc(F)ccc34)nc12. The minimum atomic E-state index is -0.546. The largest absolute Gasteiger partial charge is 0.412 e. The summed E-state index contributed by atoms with van der Waals surface area (Å²) >= 11 is 0. The van der Waals surface area contributed by atoms with Crippen LogP contribution < -0.4 is 10.1 Å². The van der Waals surface area contributed by atoms with Gasteiger partial charge in [-0.05, 0) is 37.5 Å². The molecule has 0 aliphatic heterocycles. The van der Waals surface area contributed by atoms with Crippen LogP contribution in [-0.4, -0.2) is 36.9 Å².